The summed E-state index contributed by atoms with van der Waals surface area (Å²) >= 11 is 1.78. The van der Waals surface area contributed by atoms with Crippen molar-refractivity contribution >= 4 is 17.7 Å². The van der Waals surface area contributed by atoms with Crippen molar-refractivity contribution in [1.29, 1.82) is 0 Å². The van der Waals surface area contributed by atoms with Crippen LogP contribution in [-0.4, -0.2) is 41.9 Å². The summed E-state index contributed by atoms with van der Waals surface area (Å²) in [4.78, 5) is 13.8. The average molecular weight is 232 g/mol. The van der Waals surface area contributed by atoms with E-state index in [9.17, 15) is 4.79 Å². The lowest BCUT2D eigenvalue weighted by Crippen LogP contribution is -2.45. The maximum Gasteiger partial charge on any atom is 0.226 e. The molecule has 0 aromatic rings. The first kappa shape index (κ1) is 14.8. The van der Waals surface area contributed by atoms with Gasteiger partial charge in [0.25, 0.3) is 0 Å². The third-order valence-electron chi connectivity index (χ3n) is 2.90. The van der Waals surface area contributed by atoms with Crippen molar-refractivity contribution in [2.45, 2.75) is 39.3 Å². The minimum absolute atomic E-state index is 0.0771. The largest absolute Gasteiger partial charge is 0.342 e. The molecule has 90 valence electrons. The van der Waals surface area contributed by atoms with Crippen LogP contribution < -0.4 is 5.73 Å². The van der Waals surface area contributed by atoms with Crippen molar-refractivity contribution in [3.63, 3.8) is 0 Å². The Morgan fingerprint density at radius 1 is 1.47 bits per heavy atom. The quantitative estimate of drug-likeness (QED) is 0.756. The molecule has 0 spiro atoms. The fourth-order valence-corrected chi connectivity index (χ4v) is 2.27. The molecule has 4 heteroatoms. The molecule has 0 radical (unpaired) electrons. The lowest BCUT2D eigenvalue weighted by atomic mass is 10.0. The second kappa shape index (κ2) is 7.12. The molecule has 0 aliphatic rings. The molecule has 0 saturated heterocycles. The fourth-order valence-electron chi connectivity index (χ4n) is 1.42. The molecule has 0 rings (SSSR count). The van der Waals surface area contributed by atoms with E-state index in [-0.39, 0.29) is 17.9 Å². The van der Waals surface area contributed by atoms with E-state index in [1.54, 1.807) is 11.8 Å². The van der Waals surface area contributed by atoms with Crippen molar-refractivity contribution < 1.29 is 4.79 Å². The maximum atomic E-state index is 12.0. The Morgan fingerprint density at radius 2 is 2.00 bits per heavy atom. The van der Waals surface area contributed by atoms with Crippen LogP contribution in [-0.2, 0) is 4.79 Å². The summed E-state index contributed by atoms with van der Waals surface area (Å²) in [6.45, 7) is 5.89. The van der Waals surface area contributed by atoms with Crippen LogP contribution in [0.3, 0.4) is 0 Å². The van der Waals surface area contributed by atoms with Gasteiger partial charge in [0, 0.05) is 24.9 Å². The van der Waals surface area contributed by atoms with Gasteiger partial charge in [-0.05, 0) is 19.6 Å². The summed E-state index contributed by atoms with van der Waals surface area (Å²) < 4.78 is 0. The molecule has 0 aromatic carbocycles. The molecule has 1 amide bonds. The Bertz CT molecular complexity index is 197. The molecule has 3 nitrogen and oxygen atoms in total. The van der Waals surface area contributed by atoms with Gasteiger partial charge in [0.15, 0.2) is 0 Å². The van der Waals surface area contributed by atoms with Gasteiger partial charge in [0.05, 0.1) is 5.92 Å². The molecule has 3 unspecified atom stereocenters. The van der Waals surface area contributed by atoms with Gasteiger partial charge in [-0.1, -0.05) is 13.8 Å². The van der Waals surface area contributed by atoms with Gasteiger partial charge in [-0.25, -0.2) is 0 Å². The molecular formula is C11H24N2OS. The lowest BCUT2D eigenvalue weighted by molar-refractivity contribution is -0.135. The predicted molar refractivity (Wildman–Crippen MR) is 68.0 cm³/mol. The number of nitrogens with zero attached hydrogens (tertiary/aromatic N) is 1. The number of amides is 1. The first-order valence-corrected chi connectivity index (χ1v) is 6.86. The lowest BCUT2D eigenvalue weighted by Gasteiger charge is -2.30. The van der Waals surface area contributed by atoms with E-state index in [1.165, 1.54) is 0 Å². The Balaban J connectivity index is 4.39. The Kier molecular flexibility index (Phi) is 7.02. The Morgan fingerprint density at radius 3 is 2.33 bits per heavy atom. The number of nitrogens with two attached hydrogens (primary N) is 1. The number of carbonyl (C=O) groups excluding carboxylic acids is 1. The fraction of sp³-hybridized carbons (Fsp3) is 0.909. The SMILES string of the molecule is CCC(CSC)N(C)C(=O)C(C)C(C)N. The van der Waals surface area contributed by atoms with Crippen molar-refractivity contribution in [2.75, 3.05) is 19.1 Å². The average Bonchev–Trinajstić information content (AvgIpc) is 2.22. The van der Waals surface area contributed by atoms with Crippen LogP contribution in [0.2, 0.25) is 0 Å². The first-order valence-electron chi connectivity index (χ1n) is 5.46. The number of hydrogen-bond acceptors (Lipinski definition) is 3. The number of rotatable bonds is 6. The van der Waals surface area contributed by atoms with Gasteiger partial charge < -0.3 is 10.6 Å². The molecule has 0 aromatic heterocycles. The Labute approximate surface area is 97.8 Å². The molecule has 0 fully saturated rings. The third-order valence-corrected chi connectivity index (χ3v) is 3.62. The molecule has 0 saturated carbocycles. The summed E-state index contributed by atoms with van der Waals surface area (Å²) in [5.41, 5.74) is 5.74. The molecule has 0 aliphatic heterocycles. The molecule has 3 atom stereocenters. The maximum absolute atomic E-state index is 12.0. The molecule has 15 heavy (non-hydrogen) atoms. The minimum Gasteiger partial charge on any atom is -0.342 e. The third kappa shape index (κ3) is 4.43. The normalized spacial score (nSPS) is 16.9. The summed E-state index contributed by atoms with van der Waals surface area (Å²) in [7, 11) is 1.88. The van der Waals surface area contributed by atoms with Crippen LogP contribution >= 0.6 is 11.8 Å². The van der Waals surface area contributed by atoms with Gasteiger partial charge in [-0.3, -0.25) is 4.79 Å². The van der Waals surface area contributed by atoms with Gasteiger partial charge in [0.1, 0.15) is 0 Å². The highest BCUT2D eigenvalue weighted by Crippen LogP contribution is 2.13. The summed E-state index contributed by atoms with van der Waals surface area (Å²) in [5.74, 6) is 1.06. The van der Waals surface area contributed by atoms with Crippen molar-refractivity contribution in [1.82, 2.24) is 4.90 Å². The van der Waals surface area contributed by atoms with Crippen LogP contribution in [0.4, 0.5) is 0 Å². The van der Waals surface area contributed by atoms with E-state index >= 15 is 0 Å². The van der Waals surface area contributed by atoms with Crippen LogP contribution in [0, 0.1) is 5.92 Å². The minimum atomic E-state index is -0.0918. The number of carbonyl (C=O) groups is 1. The molecule has 2 N–H and O–H groups in total. The van der Waals surface area contributed by atoms with Gasteiger partial charge >= 0.3 is 0 Å². The van der Waals surface area contributed by atoms with Gasteiger partial charge in [0.2, 0.25) is 5.91 Å². The highest BCUT2D eigenvalue weighted by Gasteiger charge is 2.24. The molecular weight excluding hydrogens is 208 g/mol. The molecule has 0 heterocycles. The summed E-state index contributed by atoms with van der Waals surface area (Å²) in [6.07, 6.45) is 3.06. The van der Waals surface area contributed by atoms with Gasteiger partial charge in [-0.2, -0.15) is 11.8 Å². The molecule has 0 aliphatic carbocycles. The zero-order valence-corrected chi connectivity index (χ0v) is 11.3. The van der Waals surface area contributed by atoms with E-state index in [0.717, 1.165) is 12.2 Å². The second-order valence-electron chi connectivity index (χ2n) is 4.11. The number of thioether (sulfide) groups is 1. The van der Waals surface area contributed by atoms with Crippen molar-refractivity contribution in [3.05, 3.63) is 0 Å². The number of hydrogen-bond donors (Lipinski definition) is 1. The highest BCUT2D eigenvalue weighted by molar-refractivity contribution is 7.98. The summed E-state index contributed by atoms with van der Waals surface area (Å²) in [5, 5.41) is 0. The monoisotopic (exact) mass is 232 g/mol. The van der Waals surface area contributed by atoms with E-state index in [4.69, 9.17) is 5.73 Å². The Hall–Kier alpha value is -0.220. The van der Waals surface area contributed by atoms with Crippen LogP contribution in [0.15, 0.2) is 0 Å². The highest BCUT2D eigenvalue weighted by atomic mass is 32.2. The van der Waals surface area contributed by atoms with Crippen LogP contribution in [0.25, 0.3) is 0 Å². The summed E-state index contributed by atoms with van der Waals surface area (Å²) in [6, 6.07) is 0.250. The zero-order chi connectivity index (χ0) is 12.0. The van der Waals surface area contributed by atoms with E-state index in [1.807, 2.05) is 25.8 Å². The predicted octanol–water partition coefficient (Wildman–Crippen LogP) is 1.57. The zero-order valence-electron chi connectivity index (χ0n) is 10.5. The van der Waals surface area contributed by atoms with E-state index in [0.29, 0.717) is 6.04 Å². The van der Waals surface area contributed by atoms with Crippen LogP contribution in [0.5, 0.6) is 0 Å². The standard InChI is InChI=1S/C11H24N2OS/c1-6-10(7-15-5)13(4)11(14)8(2)9(3)12/h8-10H,6-7,12H2,1-5H3. The smallest absolute Gasteiger partial charge is 0.226 e. The first-order chi connectivity index (χ1) is 6.95. The van der Waals surface area contributed by atoms with Crippen LogP contribution in [0.1, 0.15) is 27.2 Å². The van der Waals surface area contributed by atoms with Gasteiger partial charge in [-0.15, -0.1) is 0 Å². The van der Waals surface area contributed by atoms with E-state index < -0.39 is 0 Å². The van der Waals surface area contributed by atoms with Crippen molar-refractivity contribution in [3.8, 4) is 0 Å². The van der Waals surface area contributed by atoms with E-state index in [2.05, 4.69) is 13.2 Å². The second-order valence-corrected chi connectivity index (χ2v) is 5.03. The topological polar surface area (TPSA) is 46.3 Å². The molecule has 0 bridgehead atoms. The van der Waals surface area contributed by atoms with Crippen molar-refractivity contribution in [2.24, 2.45) is 11.7 Å².